The number of carbonyl (C=O) groups is 2. The van der Waals surface area contributed by atoms with Gasteiger partial charge in [0.25, 0.3) is 0 Å². The van der Waals surface area contributed by atoms with Gasteiger partial charge in [-0.2, -0.15) is 0 Å². The Morgan fingerprint density at radius 3 is 2.58 bits per heavy atom. The fourth-order valence-corrected chi connectivity index (χ4v) is 3.17. The van der Waals surface area contributed by atoms with E-state index in [2.05, 4.69) is 0 Å². The van der Waals surface area contributed by atoms with Crippen molar-refractivity contribution in [1.82, 2.24) is 0 Å². The highest BCUT2D eigenvalue weighted by molar-refractivity contribution is 7.14. The van der Waals surface area contributed by atoms with Gasteiger partial charge in [-0.1, -0.05) is 37.3 Å². The molecule has 0 unspecified atom stereocenters. The van der Waals surface area contributed by atoms with E-state index in [1.165, 1.54) is 17.6 Å². The van der Waals surface area contributed by atoms with Gasteiger partial charge in [0.15, 0.2) is 6.61 Å². The molecule has 122 valence electrons. The fraction of sp³-hybridized carbons (Fsp3) is 0.158. The molecule has 5 heteroatoms. The Balaban J connectivity index is 1.68. The number of benzene rings is 1. The molecule has 4 nitrogen and oxygen atoms in total. The summed E-state index contributed by atoms with van der Waals surface area (Å²) in [5.41, 5.74) is 1.51. The van der Waals surface area contributed by atoms with Crippen LogP contribution in [0.5, 0.6) is 0 Å². The second kappa shape index (κ2) is 7.27. The smallest absolute Gasteiger partial charge is 0.375 e. The van der Waals surface area contributed by atoms with Gasteiger partial charge in [0.2, 0.25) is 11.5 Å². The molecular weight excluding hydrogens is 324 g/mol. The first-order chi connectivity index (χ1) is 11.7. The molecule has 0 amide bonds. The molecule has 3 rings (SSSR count). The van der Waals surface area contributed by atoms with Gasteiger partial charge in [0.1, 0.15) is 0 Å². The largest absolute Gasteiger partial charge is 0.457 e. The van der Waals surface area contributed by atoms with Crippen LogP contribution in [0.15, 0.2) is 59.2 Å². The summed E-state index contributed by atoms with van der Waals surface area (Å²) in [5.74, 6) is -0.741. The topological polar surface area (TPSA) is 56.5 Å². The van der Waals surface area contributed by atoms with Crippen molar-refractivity contribution in [3.05, 3.63) is 70.3 Å². The van der Waals surface area contributed by atoms with Crippen molar-refractivity contribution in [1.29, 1.82) is 0 Å². The predicted molar refractivity (Wildman–Crippen MR) is 92.5 cm³/mol. The molecule has 0 radical (unpaired) electrons. The van der Waals surface area contributed by atoms with Gasteiger partial charge in [0.05, 0.1) is 11.1 Å². The average molecular weight is 340 g/mol. The minimum Gasteiger partial charge on any atom is -0.457 e. The predicted octanol–water partition coefficient (Wildman–Crippen LogP) is 4.61. The third-order valence-corrected chi connectivity index (χ3v) is 4.83. The standard InChI is InChI=1S/C19H16O4S/c1-2-14-8-9-17(24-14)16(20)12-23-19(21)18-15(10-11-22-18)13-6-4-3-5-7-13/h3-11H,2,12H2,1H3. The monoisotopic (exact) mass is 340 g/mol. The summed E-state index contributed by atoms with van der Waals surface area (Å²) in [7, 11) is 0. The van der Waals surface area contributed by atoms with Gasteiger partial charge in [-0.25, -0.2) is 4.79 Å². The summed E-state index contributed by atoms with van der Waals surface area (Å²) in [6.07, 6.45) is 2.32. The van der Waals surface area contributed by atoms with Crippen molar-refractivity contribution in [2.75, 3.05) is 6.61 Å². The molecule has 0 fully saturated rings. The molecule has 3 aromatic rings. The number of hydrogen-bond donors (Lipinski definition) is 0. The molecule has 0 saturated heterocycles. The Kier molecular flexibility index (Phi) is 4.91. The highest BCUT2D eigenvalue weighted by Gasteiger charge is 2.20. The van der Waals surface area contributed by atoms with Crippen LogP contribution in [0.3, 0.4) is 0 Å². The average Bonchev–Trinajstić information content (AvgIpc) is 3.29. The third kappa shape index (κ3) is 3.46. The van der Waals surface area contributed by atoms with E-state index in [-0.39, 0.29) is 18.2 Å². The van der Waals surface area contributed by atoms with Crippen LogP contribution in [-0.4, -0.2) is 18.4 Å². The van der Waals surface area contributed by atoms with E-state index in [4.69, 9.17) is 9.15 Å². The molecule has 24 heavy (non-hydrogen) atoms. The zero-order chi connectivity index (χ0) is 16.9. The highest BCUT2D eigenvalue weighted by Crippen LogP contribution is 2.25. The molecule has 0 saturated carbocycles. The van der Waals surface area contributed by atoms with Crippen LogP contribution < -0.4 is 0 Å². The third-order valence-electron chi connectivity index (χ3n) is 3.55. The second-order valence-corrected chi connectivity index (χ2v) is 6.32. The first-order valence-corrected chi connectivity index (χ1v) is 8.42. The highest BCUT2D eigenvalue weighted by atomic mass is 32.1. The maximum Gasteiger partial charge on any atom is 0.375 e. The molecule has 0 atom stereocenters. The minimum atomic E-state index is -0.639. The van der Waals surface area contributed by atoms with E-state index < -0.39 is 5.97 Å². The first-order valence-electron chi connectivity index (χ1n) is 7.61. The number of carbonyl (C=O) groups excluding carboxylic acids is 2. The number of hydrogen-bond acceptors (Lipinski definition) is 5. The van der Waals surface area contributed by atoms with Crippen molar-refractivity contribution in [3.8, 4) is 11.1 Å². The van der Waals surface area contributed by atoms with Gasteiger partial charge in [0, 0.05) is 10.4 Å². The van der Waals surface area contributed by atoms with E-state index in [0.29, 0.717) is 10.4 Å². The Morgan fingerprint density at radius 1 is 1.08 bits per heavy atom. The molecule has 2 aromatic heterocycles. The van der Waals surface area contributed by atoms with Crippen LogP contribution in [0.2, 0.25) is 0 Å². The zero-order valence-corrected chi connectivity index (χ0v) is 14.0. The molecule has 0 N–H and O–H groups in total. The van der Waals surface area contributed by atoms with Crippen molar-refractivity contribution in [3.63, 3.8) is 0 Å². The molecule has 2 heterocycles. The van der Waals surface area contributed by atoms with Gasteiger partial charge in [-0.05, 0) is 30.2 Å². The van der Waals surface area contributed by atoms with Crippen LogP contribution in [0.1, 0.15) is 32.0 Å². The van der Waals surface area contributed by atoms with Gasteiger partial charge < -0.3 is 9.15 Å². The quantitative estimate of drug-likeness (QED) is 0.486. The number of rotatable bonds is 6. The molecule has 0 spiro atoms. The van der Waals surface area contributed by atoms with Gasteiger partial charge in [-0.3, -0.25) is 4.79 Å². The van der Waals surface area contributed by atoms with Crippen molar-refractivity contribution < 1.29 is 18.7 Å². The Bertz CT molecular complexity index is 845. The van der Waals surface area contributed by atoms with Gasteiger partial charge >= 0.3 is 5.97 Å². The van der Waals surface area contributed by atoms with E-state index in [9.17, 15) is 9.59 Å². The number of thiophene rings is 1. The summed E-state index contributed by atoms with van der Waals surface area (Å²) in [5, 5.41) is 0. The lowest BCUT2D eigenvalue weighted by Gasteiger charge is -2.04. The normalized spacial score (nSPS) is 10.5. The fourth-order valence-electron chi connectivity index (χ4n) is 2.30. The van der Waals surface area contributed by atoms with Crippen LogP contribution in [-0.2, 0) is 11.2 Å². The first kappa shape index (κ1) is 16.2. The lowest BCUT2D eigenvalue weighted by Crippen LogP contribution is -2.13. The summed E-state index contributed by atoms with van der Waals surface area (Å²) in [6.45, 7) is 1.74. The minimum absolute atomic E-state index is 0.106. The number of furan rings is 1. The molecular formula is C19H16O4S. The molecule has 0 aliphatic carbocycles. The van der Waals surface area contributed by atoms with Crippen LogP contribution >= 0.6 is 11.3 Å². The number of ether oxygens (including phenoxy) is 1. The number of aryl methyl sites for hydroxylation is 1. The van der Waals surface area contributed by atoms with E-state index in [1.54, 1.807) is 12.1 Å². The van der Waals surface area contributed by atoms with Gasteiger partial charge in [-0.15, -0.1) is 11.3 Å². The van der Waals surface area contributed by atoms with Crippen molar-refractivity contribution in [2.24, 2.45) is 0 Å². The lowest BCUT2D eigenvalue weighted by atomic mass is 10.1. The number of Topliss-reactive ketones (excluding diaryl/α,β-unsaturated/α-hetero) is 1. The molecule has 1 aromatic carbocycles. The molecule has 0 aliphatic heterocycles. The van der Waals surface area contributed by atoms with E-state index in [1.807, 2.05) is 43.3 Å². The zero-order valence-electron chi connectivity index (χ0n) is 13.2. The maximum absolute atomic E-state index is 12.2. The van der Waals surface area contributed by atoms with Crippen LogP contribution in [0, 0.1) is 0 Å². The Hall–Kier alpha value is -2.66. The molecule has 0 bridgehead atoms. The van der Waals surface area contributed by atoms with Crippen molar-refractivity contribution >= 4 is 23.1 Å². The van der Waals surface area contributed by atoms with Crippen molar-refractivity contribution in [2.45, 2.75) is 13.3 Å². The maximum atomic E-state index is 12.2. The van der Waals surface area contributed by atoms with E-state index in [0.717, 1.165) is 16.9 Å². The molecule has 0 aliphatic rings. The summed E-state index contributed by atoms with van der Waals surface area (Å²) in [6, 6.07) is 14.8. The van der Waals surface area contributed by atoms with Crippen LogP contribution in [0.25, 0.3) is 11.1 Å². The lowest BCUT2D eigenvalue weighted by molar-refractivity contribution is 0.0446. The Morgan fingerprint density at radius 2 is 1.88 bits per heavy atom. The second-order valence-electron chi connectivity index (χ2n) is 5.15. The Labute approximate surface area is 143 Å². The summed E-state index contributed by atoms with van der Waals surface area (Å²) >= 11 is 1.43. The number of ketones is 1. The van der Waals surface area contributed by atoms with E-state index >= 15 is 0 Å². The SMILES string of the molecule is CCc1ccc(C(=O)COC(=O)c2occc2-c2ccccc2)s1. The summed E-state index contributed by atoms with van der Waals surface area (Å²) < 4.78 is 10.4. The van der Waals surface area contributed by atoms with Crippen LogP contribution in [0.4, 0.5) is 0 Å². The summed E-state index contributed by atoms with van der Waals surface area (Å²) in [4.78, 5) is 26.1. The number of esters is 1.